The van der Waals surface area contributed by atoms with Gasteiger partial charge in [-0.05, 0) is 37.1 Å². The number of ether oxygens (including phenoxy) is 1. The first-order chi connectivity index (χ1) is 14.5. The number of aliphatic hydroxyl groups is 1. The maximum atomic E-state index is 12.8. The summed E-state index contributed by atoms with van der Waals surface area (Å²) in [6, 6.07) is 14.4. The Hall–Kier alpha value is -3.58. The number of aliphatic imine (C=N–C) groups is 1. The topological polar surface area (TPSA) is 96.3 Å². The Labute approximate surface area is 173 Å². The molecular formula is C23H20N2O5. The highest BCUT2D eigenvalue weighted by Crippen LogP contribution is 2.28. The summed E-state index contributed by atoms with van der Waals surface area (Å²) < 4.78 is 5.75. The lowest BCUT2D eigenvalue weighted by Crippen LogP contribution is -2.35. The molecule has 2 heterocycles. The maximum absolute atomic E-state index is 12.8. The van der Waals surface area contributed by atoms with E-state index in [0.717, 1.165) is 10.5 Å². The highest BCUT2D eigenvalue weighted by molar-refractivity contribution is 6.21. The fraction of sp³-hybridized carbons (Fsp3) is 0.217. The molecule has 7 heteroatoms. The van der Waals surface area contributed by atoms with Crippen LogP contribution in [0.5, 0.6) is 5.75 Å². The average Bonchev–Trinajstić information content (AvgIpc) is 3.00. The number of amides is 2. The lowest BCUT2D eigenvalue weighted by molar-refractivity contribution is -0.120. The van der Waals surface area contributed by atoms with Crippen LogP contribution in [0.1, 0.15) is 39.6 Å². The zero-order valence-corrected chi connectivity index (χ0v) is 16.4. The third-order valence-electron chi connectivity index (χ3n) is 5.18. The second-order valence-electron chi connectivity index (χ2n) is 7.19. The quantitative estimate of drug-likeness (QED) is 0.747. The van der Waals surface area contributed by atoms with Crippen LogP contribution in [0, 0.1) is 0 Å². The predicted molar refractivity (Wildman–Crippen MR) is 109 cm³/mol. The van der Waals surface area contributed by atoms with Gasteiger partial charge in [-0.15, -0.1) is 0 Å². The fourth-order valence-corrected chi connectivity index (χ4v) is 3.40. The van der Waals surface area contributed by atoms with Gasteiger partial charge in [0, 0.05) is 18.3 Å². The summed E-state index contributed by atoms with van der Waals surface area (Å²) in [6.45, 7) is 1.95. The van der Waals surface area contributed by atoms with Crippen LogP contribution in [0.2, 0.25) is 0 Å². The standard InChI is InChI=1S/C23H20N2O5/c1-14-20(26)21(27)16(12-24-14)9-10-25-22(28)18-8-7-17(11-19(18)23(25)29)30-13-15-5-3-2-4-6-15/h2-8,11-12,20,26H,9-10,13H2,1H3. The molecule has 2 aliphatic rings. The first-order valence-corrected chi connectivity index (χ1v) is 9.58. The Kier molecular flexibility index (Phi) is 5.29. The lowest BCUT2D eigenvalue weighted by atomic mass is 9.99. The van der Waals surface area contributed by atoms with E-state index in [4.69, 9.17) is 4.74 Å². The minimum atomic E-state index is -1.27. The second kappa shape index (κ2) is 8.04. The van der Waals surface area contributed by atoms with Crippen LogP contribution < -0.4 is 4.74 Å². The largest absolute Gasteiger partial charge is 0.489 e. The van der Waals surface area contributed by atoms with Gasteiger partial charge in [-0.2, -0.15) is 0 Å². The van der Waals surface area contributed by atoms with Crippen LogP contribution in [0.25, 0.3) is 0 Å². The number of rotatable bonds is 6. The molecule has 1 atom stereocenters. The number of ketones is 1. The van der Waals surface area contributed by atoms with E-state index in [0.29, 0.717) is 23.6 Å². The molecule has 2 aliphatic heterocycles. The normalized spacial score (nSPS) is 18.3. The summed E-state index contributed by atoms with van der Waals surface area (Å²) in [7, 11) is 0. The lowest BCUT2D eigenvalue weighted by Gasteiger charge is -2.18. The number of carbonyl (C=O) groups is 3. The van der Waals surface area contributed by atoms with E-state index in [1.165, 1.54) is 6.20 Å². The number of Topliss-reactive ketones (excluding diaryl/α,β-unsaturated/α-hetero) is 1. The van der Waals surface area contributed by atoms with Gasteiger partial charge in [0.15, 0.2) is 11.9 Å². The van der Waals surface area contributed by atoms with E-state index in [9.17, 15) is 19.5 Å². The second-order valence-corrected chi connectivity index (χ2v) is 7.19. The van der Waals surface area contributed by atoms with E-state index < -0.39 is 23.7 Å². The number of hydrogen-bond donors (Lipinski definition) is 1. The van der Waals surface area contributed by atoms with Crippen molar-refractivity contribution in [2.45, 2.75) is 26.1 Å². The molecule has 0 radical (unpaired) electrons. The van der Waals surface area contributed by atoms with Crippen LogP contribution in [0.4, 0.5) is 0 Å². The molecule has 7 nitrogen and oxygen atoms in total. The first kappa shape index (κ1) is 19.7. The van der Waals surface area contributed by atoms with Crippen molar-refractivity contribution in [1.29, 1.82) is 0 Å². The third-order valence-corrected chi connectivity index (χ3v) is 5.18. The summed E-state index contributed by atoms with van der Waals surface area (Å²) >= 11 is 0. The molecule has 0 aliphatic carbocycles. The molecule has 30 heavy (non-hydrogen) atoms. The summed E-state index contributed by atoms with van der Waals surface area (Å²) in [5, 5.41) is 9.84. The summed E-state index contributed by atoms with van der Waals surface area (Å²) in [4.78, 5) is 42.7. The van der Waals surface area contributed by atoms with E-state index in [-0.39, 0.29) is 24.1 Å². The zero-order chi connectivity index (χ0) is 21.3. The van der Waals surface area contributed by atoms with E-state index in [1.54, 1.807) is 25.1 Å². The van der Waals surface area contributed by atoms with Crippen molar-refractivity contribution in [2.24, 2.45) is 4.99 Å². The van der Waals surface area contributed by atoms with Gasteiger partial charge in [0.1, 0.15) is 12.4 Å². The number of imide groups is 1. The molecule has 1 unspecified atom stereocenters. The van der Waals surface area contributed by atoms with E-state index in [1.807, 2.05) is 30.3 Å². The maximum Gasteiger partial charge on any atom is 0.261 e. The molecule has 0 spiro atoms. The van der Waals surface area contributed by atoms with Crippen molar-refractivity contribution < 1.29 is 24.2 Å². The first-order valence-electron chi connectivity index (χ1n) is 9.58. The SMILES string of the molecule is CC1=NC=C(CCN2C(=O)c3ccc(OCc4ccccc4)cc3C2=O)C(=O)C1O. The van der Waals surface area contributed by atoms with Gasteiger partial charge in [-0.1, -0.05) is 30.3 Å². The molecule has 2 aromatic carbocycles. The number of benzene rings is 2. The summed E-state index contributed by atoms with van der Waals surface area (Å²) in [5.41, 5.74) is 2.20. The van der Waals surface area contributed by atoms with Crippen molar-refractivity contribution in [2.75, 3.05) is 6.54 Å². The van der Waals surface area contributed by atoms with Crippen LogP contribution in [0.15, 0.2) is 65.3 Å². The minimum Gasteiger partial charge on any atom is -0.489 e. The fourth-order valence-electron chi connectivity index (χ4n) is 3.40. The van der Waals surface area contributed by atoms with Gasteiger partial charge < -0.3 is 9.84 Å². The Morgan fingerprint density at radius 3 is 2.53 bits per heavy atom. The molecule has 0 aromatic heterocycles. The van der Waals surface area contributed by atoms with Crippen molar-refractivity contribution in [3.8, 4) is 5.75 Å². The highest BCUT2D eigenvalue weighted by Gasteiger charge is 2.36. The Bertz CT molecular complexity index is 1090. The zero-order valence-electron chi connectivity index (χ0n) is 16.4. The number of hydrogen-bond acceptors (Lipinski definition) is 6. The van der Waals surface area contributed by atoms with E-state index in [2.05, 4.69) is 4.99 Å². The molecule has 0 saturated heterocycles. The predicted octanol–water partition coefficient (Wildman–Crippen LogP) is 2.54. The molecule has 1 N–H and O–H groups in total. The van der Waals surface area contributed by atoms with Crippen molar-refractivity contribution in [3.63, 3.8) is 0 Å². The monoisotopic (exact) mass is 404 g/mol. The van der Waals surface area contributed by atoms with Gasteiger partial charge in [0.05, 0.1) is 16.8 Å². The molecule has 2 amide bonds. The van der Waals surface area contributed by atoms with Crippen LogP contribution >= 0.6 is 0 Å². The molecular weight excluding hydrogens is 384 g/mol. The Balaban J connectivity index is 1.45. The van der Waals surface area contributed by atoms with Crippen molar-refractivity contribution in [1.82, 2.24) is 4.90 Å². The summed E-state index contributed by atoms with van der Waals surface area (Å²) in [5.74, 6) is -0.785. The third kappa shape index (κ3) is 3.67. The van der Waals surface area contributed by atoms with Gasteiger partial charge in [0.2, 0.25) is 0 Å². The Morgan fingerprint density at radius 2 is 1.77 bits per heavy atom. The number of nitrogens with zero attached hydrogens (tertiary/aromatic N) is 2. The number of fused-ring (bicyclic) bond motifs is 1. The molecule has 4 rings (SSSR count). The smallest absolute Gasteiger partial charge is 0.261 e. The molecule has 152 valence electrons. The van der Waals surface area contributed by atoms with Gasteiger partial charge in [-0.3, -0.25) is 24.3 Å². The van der Waals surface area contributed by atoms with Crippen LogP contribution in [-0.2, 0) is 11.4 Å². The van der Waals surface area contributed by atoms with E-state index >= 15 is 0 Å². The Morgan fingerprint density at radius 1 is 1.03 bits per heavy atom. The molecule has 0 fully saturated rings. The number of carbonyl (C=O) groups excluding carboxylic acids is 3. The highest BCUT2D eigenvalue weighted by atomic mass is 16.5. The minimum absolute atomic E-state index is 0.0331. The van der Waals surface area contributed by atoms with Gasteiger partial charge in [-0.25, -0.2) is 0 Å². The van der Waals surface area contributed by atoms with Gasteiger partial charge >= 0.3 is 0 Å². The van der Waals surface area contributed by atoms with Crippen molar-refractivity contribution >= 4 is 23.3 Å². The average molecular weight is 404 g/mol. The summed E-state index contributed by atoms with van der Waals surface area (Å²) in [6.07, 6.45) is 0.254. The van der Waals surface area contributed by atoms with Crippen LogP contribution in [0.3, 0.4) is 0 Å². The van der Waals surface area contributed by atoms with Crippen molar-refractivity contribution in [3.05, 3.63) is 77.0 Å². The number of aliphatic hydroxyl groups excluding tert-OH is 1. The molecule has 2 aromatic rings. The molecule has 0 saturated carbocycles. The molecule has 0 bridgehead atoms. The van der Waals surface area contributed by atoms with Gasteiger partial charge in [0.25, 0.3) is 11.8 Å². The van der Waals surface area contributed by atoms with Crippen LogP contribution in [-0.4, -0.2) is 46.0 Å².